The van der Waals surface area contributed by atoms with Crippen LogP contribution in [-0.4, -0.2) is 36.0 Å². The van der Waals surface area contributed by atoms with E-state index in [9.17, 15) is 14.7 Å². The lowest BCUT2D eigenvalue weighted by molar-refractivity contribution is 0.104. The van der Waals surface area contributed by atoms with Crippen molar-refractivity contribution in [2.24, 2.45) is 0 Å². The second-order valence-corrected chi connectivity index (χ2v) is 5.08. The number of ether oxygens (including phenoxy) is 1. The lowest BCUT2D eigenvalue weighted by Gasteiger charge is -2.10. The summed E-state index contributed by atoms with van der Waals surface area (Å²) >= 11 is 0. The number of carbonyl (C=O) groups excluding carboxylic acids is 2. The Kier molecular flexibility index (Phi) is 5.15. The number of ketones is 1. The van der Waals surface area contributed by atoms with Crippen LogP contribution in [0.1, 0.15) is 15.9 Å². The first-order chi connectivity index (χ1) is 11.0. The van der Waals surface area contributed by atoms with Crippen molar-refractivity contribution in [3.63, 3.8) is 0 Å². The predicted molar refractivity (Wildman–Crippen MR) is 87.6 cm³/mol. The van der Waals surface area contributed by atoms with E-state index in [1.165, 1.54) is 23.1 Å². The second kappa shape index (κ2) is 7.26. The Morgan fingerprint density at radius 2 is 1.83 bits per heavy atom. The van der Waals surface area contributed by atoms with Gasteiger partial charge < -0.3 is 14.7 Å². The molecule has 0 aliphatic heterocycles. The first kappa shape index (κ1) is 16.3. The molecule has 2 aromatic carbocycles. The number of allylic oxidation sites excluding steroid dienone is 1. The van der Waals surface area contributed by atoms with Gasteiger partial charge in [0.1, 0.15) is 11.5 Å². The molecule has 1 amide bonds. The van der Waals surface area contributed by atoms with Gasteiger partial charge in [-0.15, -0.1) is 0 Å². The first-order valence-electron chi connectivity index (χ1n) is 6.96. The van der Waals surface area contributed by atoms with E-state index in [-0.39, 0.29) is 11.5 Å². The summed E-state index contributed by atoms with van der Waals surface area (Å²) in [4.78, 5) is 24.9. The summed E-state index contributed by atoms with van der Waals surface area (Å²) in [6, 6.07) is 13.0. The summed E-state index contributed by atoms with van der Waals surface area (Å²) in [5, 5.41) is 9.38. The zero-order valence-corrected chi connectivity index (χ0v) is 12.9. The van der Waals surface area contributed by atoms with Crippen LogP contribution in [0.25, 0.3) is 6.08 Å². The van der Waals surface area contributed by atoms with E-state index < -0.39 is 6.09 Å². The number of amides is 1. The van der Waals surface area contributed by atoms with Gasteiger partial charge in [-0.2, -0.15) is 0 Å². The van der Waals surface area contributed by atoms with Crippen LogP contribution in [0.3, 0.4) is 0 Å². The van der Waals surface area contributed by atoms with Crippen LogP contribution in [0.15, 0.2) is 54.6 Å². The summed E-state index contributed by atoms with van der Waals surface area (Å²) in [7, 11) is 3.19. The van der Waals surface area contributed by atoms with Crippen molar-refractivity contribution >= 4 is 18.0 Å². The van der Waals surface area contributed by atoms with Gasteiger partial charge in [0.25, 0.3) is 0 Å². The number of phenols is 1. The number of hydrogen-bond donors (Lipinski definition) is 1. The quantitative estimate of drug-likeness (QED) is 0.694. The summed E-state index contributed by atoms with van der Waals surface area (Å²) in [5.41, 5.74) is 1.12. The fourth-order valence-corrected chi connectivity index (χ4v) is 1.80. The second-order valence-electron chi connectivity index (χ2n) is 5.08. The van der Waals surface area contributed by atoms with Gasteiger partial charge in [0.05, 0.1) is 0 Å². The van der Waals surface area contributed by atoms with Gasteiger partial charge in [0, 0.05) is 19.7 Å². The van der Waals surface area contributed by atoms with E-state index in [1.807, 2.05) is 0 Å². The average molecular weight is 311 g/mol. The zero-order chi connectivity index (χ0) is 16.8. The molecule has 5 heteroatoms. The topological polar surface area (TPSA) is 66.8 Å². The molecule has 0 unspecified atom stereocenters. The summed E-state index contributed by atoms with van der Waals surface area (Å²) in [6.07, 6.45) is 2.56. The molecule has 0 fully saturated rings. The molecule has 0 spiro atoms. The van der Waals surface area contributed by atoms with Crippen molar-refractivity contribution in [2.75, 3.05) is 14.1 Å². The Morgan fingerprint density at radius 1 is 1.09 bits per heavy atom. The Bertz CT molecular complexity index is 750. The maximum absolute atomic E-state index is 12.0. The summed E-state index contributed by atoms with van der Waals surface area (Å²) in [6.45, 7) is 0. The number of hydrogen-bond acceptors (Lipinski definition) is 4. The first-order valence-corrected chi connectivity index (χ1v) is 6.96. The van der Waals surface area contributed by atoms with Gasteiger partial charge in [-0.1, -0.05) is 30.3 Å². The summed E-state index contributed by atoms with van der Waals surface area (Å²) < 4.78 is 5.16. The number of phenolic OH excluding ortho intramolecular Hbond substituents is 1. The monoisotopic (exact) mass is 311 g/mol. The molecule has 0 heterocycles. The minimum Gasteiger partial charge on any atom is -0.508 e. The molecular weight excluding hydrogens is 294 g/mol. The molecule has 23 heavy (non-hydrogen) atoms. The molecule has 0 saturated heterocycles. The third kappa shape index (κ3) is 4.71. The molecule has 118 valence electrons. The number of aromatic hydroxyl groups is 1. The SMILES string of the molecule is CN(C)C(=O)Oc1cccc(/C=C/C(=O)c2cccc(O)c2)c1. The number of rotatable bonds is 4. The Balaban J connectivity index is 2.10. The number of benzene rings is 2. The Hall–Kier alpha value is -3.08. The van der Waals surface area contributed by atoms with E-state index in [0.717, 1.165) is 5.56 Å². The van der Waals surface area contributed by atoms with Crippen LogP contribution in [0.4, 0.5) is 4.79 Å². The fourth-order valence-electron chi connectivity index (χ4n) is 1.80. The maximum Gasteiger partial charge on any atom is 0.414 e. The fraction of sp³-hybridized carbons (Fsp3) is 0.111. The molecule has 0 aromatic heterocycles. The molecule has 0 aliphatic carbocycles. The number of carbonyl (C=O) groups is 2. The van der Waals surface area contributed by atoms with Crippen LogP contribution < -0.4 is 4.74 Å². The Labute approximate surface area is 134 Å². The van der Waals surface area contributed by atoms with Gasteiger partial charge in [0.15, 0.2) is 5.78 Å². The van der Waals surface area contributed by atoms with Crippen molar-refractivity contribution in [1.29, 1.82) is 0 Å². The molecule has 0 aliphatic rings. The lowest BCUT2D eigenvalue weighted by atomic mass is 10.1. The maximum atomic E-state index is 12.0. The van der Waals surface area contributed by atoms with E-state index in [4.69, 9.17) is 4.74 Å². The van der Waals surface area contributed by atoms with Crippen LogP contribution in [0.5, 0.6) is 11.5 Å². The van der Waals surface area contributed by atoms with Crippen LogP contribution in [0, 0.1) is 0 Å². The molecular formula is C18H17NO4. The lowest BCUT2D eigenvalue weighted by Crippen LogP contribution is -2.25. The molecule has 0 atom stereocenters. The van der Waals surface area contributed by atoms with Crippen molar-refractivity contribution in [3.8, 4) is 11.5 Å². The molecule has 1 N–H and O–H groups in total. The smallest absolute Gasteiger partial charge is 0.414 e. The highest BCUT2D eigenvalue weighted by atomic mass is 16.6. The van der Waals surface area contributed by atoms with Crippen LogP contribution >= 0.6 is 0 Å². The Morgan fingerprint density at radius 3 is 2.52 bits per heavy atom. The minimum absolute atomic E-state index is 0.0434. The molecule has 2 rings (SSSR count). The molecule has 5 nitrogen and oxygen atoms in total. The zero-order valence-electron chi connectivity index (χ0n) is 12.9. The van der Waals surface area contributed by atoms with E-state index in [0.29, 0.717) is 11.3 Å². The largest absolute Gasteiger partial charge is 0.508 e. The van der Waals surface area contributed by atoms with Crippen molar-refractivity contribution in [3.05, 3.63) is 65.7 Å². The normalized spacial score (nSPS) is 10.5. The highest BCUT2D eigenvalue weighted by Gasteiger charge is 2.07. The van der Waals surface area contributed by atoms with E-state index >= 15 is 0 Å². The third-order valence-electron chi connectivity index (χ3n) is 2.99. The van der Waals surface area contributed by atoms with Gasteiger partial charge in [0.2, 0.25) is 0 Å². The van der Waals surface area contributed by atoms with Gasteiger partial charge in [-0.25, -0.2) is 4.79 Å². The van der Waals surface area contributed by atoms with Crippen molar-refractivity contribution < 1.29 is 19.4 Å². The highest BCUT2D eigenvalue weighted by Crippen LogP contribution is 2.16. The minimum atomic E-state index is -0.470. The van der Waals surface area contributed by atoms with E-state index in [1.54, 1.807) is 56.6 Å². The number of nitrogens with zero attached hydrogens (tertiary/aromatic N) is 1. The predicted octanol–water partition coefficient (Wildman–Crippen LogP) is 3.35. The molecule has 0 radical (unpaired) electrons. The van der Waals surface area contributed by atoms with E-state index in [2.05, 4.69) is 0 Å². The van der Waals surface area contributed by atoms with Gasteiger partial charge >= 0.3 is 6.09 Å². The van der Waals surface area contributed by atoms with Gasteiger partial charge in [-0.3, -0.25) is 4.79 Å². The standard InChI is InChI=1S/C18H17NO4/c1-19(2)18(22)23-16-8-3-5-13(11-16)9-10-17(21)14-6-4-7-15(20)12-14/h3-12,20H,1-2H3/b10-9+. The van der Waals surface area contributed by atoms with Gasteiger partial charge in [-0.05, 0) is 35.9 Å². The third-order valence-corrected chi connectivity index (χ3v) is 2.99. The summed E-state index contributed by atoms with van der Waals surface area (Å²) in [5.74, 6) is 0.217. The van der Waals surface area contributed by atoms with Crippen LogP contribution in [0.2, 0.25) is 0 Å². The molecule has 2 aromatic rings. The average Bonchev–Trinajstić information content (AvgIpc) is 2.53. The molecule has 0 bridgehead atoms. The molecule has 0 saturated carbocycles. The van der Waals surface area contributed by atoms with Crippen molar-refractivity contribution in [2.45, 2.75) is 0 Å². The van der Waals surface area contributed by atoms with Crippen molar-refractivity contribution in [1.82, 2.24) is 4.90 Å². The highest BCUT2D eigenvalue weighted by molar-refractivity contribution is 6.07. The van der Waals surface area contributed by atoms with Crippen LogP contribution in [-0.2, 0) is 0 Å².